The molecular formula is C24H24O10. The van der Waals surface area contributed by atoms with Crippen LogP contribution in [-0.4, -0.2) is 58.3 Å². The van der Waals surface area contributed by atoms with Crippen LogP contribution in [-0.2, 0) is 35.1 Å². The van der Waals surface area contributed by atoms with Crippen molar-refractivity contribution in [3.05, 3.63) is 57.6 Å². The van der Waals surface area contributed by atoms with Gasteiger partial charge in [0.15, 0.2) is 0 Å². The highest BCUT2D eigenvalue weighted by molar-refractivity contribution is 6.19. The van der Waals surface area contributed by atoms with Crippen molar-refractivity contribution < 1.29 is 47.7 Å². The van der Waals surface area contributed by atoms with Gasteiger partial charge in [0, 0.05) is 18.1 Å². The molecule has 0 aliphatic rings. The van der Waals surface area contributed by atoms with Gasteiger partial charge in [0.05, 0.1) is 50.7 Å². The van der Waals surface area contributed by atoms with E-state index in [1.54, 1.807) is 31.2 Å². The lowest BCUT2D eigenvalue weighted by Crippen LogP contribution is -2.26. The van der Waals surface area contributed by atoms with Crippen molar-refractivity contribution in [1.82, 2.24) is 0 Å². The van der Waals surface area contributed by atoms with E-state index in [4.69, 9.17) is 23.7 Å². The number of aryl methyl sites for hydroxylation is 1. The number of carbonyl (C=O) groups excluding carboxylic acids is 5. The van der Waals surface area contributed by atoms with Gasteiger partial charge in [-0.2, -0.15) is 0 Å². The molecule has 10 heteroatoms. The molecule has 0 aliphatic heterocycles. The van der Waals surface area contributed by atoms with Crippen LogP contribution in [0.3, 0.4) is 0 Å². The molecule has 2 rings (SSSR count). The Morgan fingerprint density at radius 2 is 1.12 bits per heavy atom. The minimum atomic E-state index is -1.12. The van der Waals surface area contributed by atoms with E-state index in [-0.39, 0.29) is 16.7 Å². The lowest BCUT2D eigenvalue weighted by atomic mass is 9.82. The number of hydrogen-bond donors (Lipinski definition) is 0. The van der Waals surface area contributed by atoms with Crippen LogP contribution < -0.4 is 0 Å². The largest absolute Gasteiger partial charge is 0.465 e. The molecule has 0 bridgehead atoms. The third kappa shape index (κ3) is 4.90. The van der Waals surface area contributed by atoms with Crippen molar-refractivity contribution in [1.29, 1.82) is 0 Å². The van der Waals surface area contributed by atoms with E-state index in [0.717, 1.165) is 35.4 Å². The number of carbonyl (C=O) groups is 5. The summed E-state index contributed by atoms with van der Waals surface area (Å²) in [6, 6.07) is 6.78. The molecule has 0 aliphatic carbocycles. The van der Waals surface area contributed by atoms with Crippen LogP contribution in [0.4, 0.5) is 0 Å². The van der Waals surface area contributed by atoms with Crippen molar-refractivity contribution in [2.45, 2.75) is 20.5 Å². The van der Waals surface area contributed by atoms with Crippen LogP contribution in [0.15, 0.2) is 24.3 Å². The van der Waals surface area contributed by atoms with Gasteiger partial charge >= 0.3 is 29.8 Å². The van der Waals surface area contributed by atoms with Crippen molar-refractivity contribution in [2.24, 2.45) is 0 Å². The van der Waals surface area contributed by atoms with Gasteiger partial charge in [-0.1, -0.05) is 24.3 Å². The summed E-state index contributed by atoms with van der Waals surface area (Å²) in [6.45, 7) is 2.35. The second kappa shape index (κ2) is 11.1. The van der Waals surface area contributed by atoms with E-state index in [1.165, 1.54) is 0 Å². The summed E-state index contributed by atoms with van der Waals surface area (Å²) < 4.78 is 24.6. The predicted molar refractivity (Wildman–Crippen MR) is 117 cm³/mol. The Balaban J connectivity index is 3.34. The SMILES string of the molecule is COC(=O)c1c(COC(C)=O)c(-c2ccccc2C)c(C(=O)OC)c(C(=O)OC)c1C(=O)OC. The zero-order valence-corrected chi connectivity index (χ0v) is 19.6. The van der Waals surface area contributed by atoms with Gasteiger partial charge in [-0.3, -0.25) is 4.79 Å². The Morgan fingerprint density at radius 1 is 0.676 bits per heavy atom. The number of ether oxygens (including phenoxy) is 5. The summed E-state index contributed by atoms with van der Waals surface area (Å²) in [5.74, 6) is -4.93. The van der Waals surface area contributed by atoms with Crippen molar-refractivity contribution in [3.8, 4) is 11.1 Å². The van der Waals surface area contributed by atoms with Crippen LogP contribution in [0.5, 0.6) is 0 Å². The fourth-order valence-corrected chi connectivity index (χ4v) is 3.52. The molecule has 2 aromatic rings. The van der Waals surface area contributed by atoms with Crippen LogP contribution >= 0.6 is 0 Å². The Labute approximate surface area is 195 Å². The first kappa shape index (κ1) is 26.0. The Morgan fingerprint density at radius 3 is 1.59 bits per heavy atom. The first-order valence-corrected chi connectivity index (χ1v) is 9.89. The van der Waals surface area contributed by atoms with Gasteiger partial charge in [0.1, 0.15) is 6.61 Å². The second-order valence-corrected chi connectivity index (χ2v) is 6.92. The summed E-state index contributed by atoms with van der Waals surface area (Å²) in [4.78, 5) is 63.5. The van der Waals surface area contributed by atoms with Crippen LogP contribution in [0.1, 0.15) is 59.5 Å². The van der Waals surface area contributed by atoms with E-state index >= 15 is 0 Å². The molecule has 0 heterocycles. The summed E-state index contributed by atoms with van der Waals surface area (Å²) in [7, 11) is 4.23. The molecule has 0 saturated carbocycles. The monoisotopic (exact) mass is 472 g/mol. The highest BCUT2D eigenvalue weighted by atomic mass is 16.5. The number of hydrogen-bond acceptors (Lipinski definition) is 10. The summed E-state index contributed by atoms with van der Waals surface area (Å²) >= 11 is 0. The molecule has 0 radical (unpaired) electrons. The number of rotatable bonds is 7. The average Bonchev–Trinajstić information content (AvgIpc) is 2.84. The molecule has 0 fully saturated rings. The predicted octanol–water partition coefficient (Wildman–Crippen LogP) is 2.87. The van der Waals surface area contributed by atoms with E-state index in [9.17, 15) is 24.0 Å². The lowest BCUT2D eigenvalue weighted by Gasteiger charge is -2.23. The molecule has 0 aromatic heterocycles. The Hall–Kier alpha value is -4.21. The maximum absolute atomic E-state index is 13.1. The van der Waals surface area contributed by atoms with Crippen LogP contribution in [0, 0.1) is 6.92 Å². The third-order valence-electron chi connectivity index (χ3n) is 5.00. The van der Waals surface area contributed by atoms with E-state index in [2.05, 4.69) is 0 Å². The van der Waals surface area contributed by atoms with E-state index < -0.39 is 53.1 Å². The highest BCUT2D eigenvalue weighted by Gasteiger charge is 2.38. The molecule has 34 heavy (non-hydrogen) atoms. The summed E-state index contributed by atoms with van der Waals surface area (Å²) in [5, 5.41) is 0. The minimum absolute atomic E-state index is 0.0413. The zero-order chi connectivity index (χ0) is 25.6. The summed E-state index contributed by atoms with van der Waals surface area (Å²) in [6.07, 6.45) is 0. The quantitative estimate of drug-likeness (QED) is 0.438. The molecule has 0 unspecified atom stereocenters. The maximum Gasteiger partial charge on any atom is 0.339 e. The molecule has 0 N–H and O–H groups in total. The van der Waals surface area contributed by atoms with Crippen molar-refractivity contribution in [3.63, 3.8) is 0 Å². The van der Waals surface area contributed by atoms with Crippen molar-refractivity contribution in [2.75, 3.05) is 28.4 Å². The molecule has 0 saturated heterocycles. The smallest absolute Gasteiger partial charge is 0.339 e. The fourth-order valence-electron chi connectivity index (χ4n) is 3.52. The Kier molecular flexibility index (Phi) is 8.49. The van der Waals surface area contributed by atoms with Crippen molar-refractivity contribution >= 4 is 29.8 Å². The lowest BCUT2D eigenvalue weighted by molar-refractivity contribution is -0.142. The topological polar surface area (TPSA) is 132 Å². The number of methoxy groups -OCH3 is 4. The summed E-state index contributed by atoms with van der Waals surface area (Å²) in [5.41, 5.74) is -0.858. The molecule has 0 spiro atoms. The fraction of sp³-hybridized carbons (Fsp3) is 0.292. The first-order chi connectivity index (χ1) is 16.1. The van der Waals surface area contributed by atoms with E-state index in [0.29, 0.717) is 11.1 Å². The maximum atomic E-state index is 13.1. The second-order valence-electron chi connectivity index (χ2n) is 6.92. The van der Waals surface area contributed by atoms with Gasteiger partial charge < -0.3 is 23.7 Å². The van der Waals surface area contributed by atoms with E-state index in [1.807, 2.05) is 0 Å². The zero-order valence-electron chi connectivity index (χ0n) is 19.6. The van der Waals surface area contributed by atoms with Crippen LogP contribution in [0.25, 0.3) is 11.1 Å². The normalized spacial score (nSPS) is 10.2. The number of benzene rings is 2. The van der Waals surface area contributed by atoms with Gasteiger partial charge in [-0.15, -0.1) is 0 Å². The first-order valence-electron chi connectivity index (χ1n) is 9.89. The minimum Gasteiger partial charge on any atom is -0.465 e. The third-order valence-corrected chi connectivity index (χ3v) is 5.00. The molecule has 0 amide bonds. The Bertz CT molecular complexity index is 1160. The molecule has 2 aromatic carbocycles. The van der Waals surface area contributed by atoms with Gasteiger partial charge in [0.2, 0.25) is 0 Å². The molecular weight excluding hydrogens is 448 g/mol. The molecule has 0 atom stereocenters. The standard InChI is InChI=1S/C24H24O10/c1-12-9-7-8-10-14(12)16-15(11-34-13(2)25)17(21(26)30-3)19(23(28)32-5)20(24(29)33-6)18(16)22(27)31-4/h7-10H,11H2,1-6H3. The van der Waals surface area contributed by atoms with Gasteiger partial charge in [-0.05, 0) is 18.1 Å². The molecule has 10 nitrogen and oxygen atoms in total. The van der Waals surface area contributed by atoms with Gasteiger partial charge in [-0.25, -0.2) is 19.2 Å². The average molecular weight is 472 g/mol. The highest BCUT2D eigenvalue weighted by Crippen LogP contribution is 2.39. The van der Waals surface area contributed by atoms with Gasteiger partial charge in [0.25, 0.3) is 0 Å². The molecule has 180 valence electrons. The number of esters is 5. The van der Waals surface area contributed by atoms with Crippen LogP contribution in [0.2, 0.25) is 0 Å².